The molecule has 0 saturated carbocycles. The van der Waals surface area contributed by atoms with Gasteiger partial charge < -0.3 is 10.3 Å². The molecule has 4 nitrogen and oxygen atoms in total. The summed E-state index contributed by atoms with van der Waals surface area (Å²) < 4.78 is 2.16. The molecule has 0 spiro atoms. The van der Waals surface area contributed by atoms with Crippen LogP contribution < -0.4 is 5.73 Å². The summed E-state index contributed by atoms with van der Waals surface area (Å²) in [6, 6.07) is 0.120. The molecule has 1 aromatic rings. The molecule has 0 aliphatic carbocycles. The summed E-state index contributed by atoms with van der Waals surface area (Å²) in [5.74, 6) is 2.26. The van der Waals surface area contributed by atoms with Crippen LogP contribution in [-0.2, 0) is 6.54 Å². The third-order valence-electron chi connectivity index (χ3n) is 2.61. The van der Waals surface area contributed by atoms with Crippen LogP contribution in [0.1, 0.15) is 44.8 Å². The van der Waals surface area contributed by atoms with Gasteiger partial charge in [0.25, 0.3) is 0 Å². The quantitative estimate of drug-likeness (QED) is 0.793. The molecule has 14 heavy (non-hydrogen) atoms. The first kappa shape index (κ1) is 11.2. The van der Waals surface area contributed by atoms with Gasteiger partial charge in [-0.05, 0) is 20.3 Å². The van der Waals surface area contributed by atoms with Gasteiger partial charge in [-0.25, -0.2) is 0 Å². The third-order valence-corrected chi connectivity index (χ3v) is 2.61. The molecule has 0 aromatic carbocycles. The van der Waals surface area contributed by atoms with Crippen LogP contribution in [-0.4, -0.2) is 20.8 Å². The Morgan fingerprint density at radius 2 is 2.00 bits per heavy atom. The lowest BCUT2D eigenvalue weighted by atomic mass is 10.0. The smallest absolute Gasteiger partial charge is 0.137 e. The van der Waals surface area contributed by atoms with Gasteiger partial charge in [-0.3, -0.25) is 0 Å². The van der Waals surface area contributed by atoms with Gasteiger partial charge in [0.15, 0.2) is 0 Å². The van der Waals surface area contributed by atoms with E-state index in [1.54, 1.807) is 0 Å². The fourth-order valence-electron chi connectivity index (χ4n) is 1.47. The van der Waals surface area contributed by atoms with E-state index < -0.39 is 0 Å². The van der Waals surface area contributed by atoms with Crippen molar-refractivity contribution in [2.45, 2.75) is 52.6 Å². The van der Waals surface area contributed by atoms with E-state index in [2.05, 4.69) is 28.6 Å². The molecule has 0 fully saturated rings. The molecule has 2 unspecified atom stereocenters. The van der Waals surface area contributed by atoms with Gasteiger partial charge in [0, 0.05) is 18.5 Å². The van der Waals surface area contributed by atoms with Crippen molar-refractivity contribution in [3.63, 3.8) is 0 Å². The third kappa shape index (κ3) is 2.12. The fraction of sp³-hybridized carbons (Fsp3) is 0.800. The highest BCUT2D eigenvalue weighted by Crippen LogP contribution is 2.17. The van der Waals surface area contributed by atoms with Gasteiger partial charge in [0.1, 0.15) is 11.6 Å². The van der Waals surface area contributed by atoms with Crippen molar-refractivity contribution in [2.75, 3.05) is 0 Å². The second-order valence-corrected chi connectivity index (χ2v) is 3.90. The van der Waals surface area contributed by atoms with Crippen molar-refractivity contribution < 1.29 is 0 Å². The van der Waals surface area contributed by atoms with Gasteiger partial charge in [0.2, 0.25) is 0 Å². The molecule has 0 saturated heterocycles. The maximum atomic E-state index is 5.86. The molecule has 1 rings (SSSR count). The van der Waals surface area contributed by atoms with Crippen LogP contribution in [0.25, 0.3) is 0 Å². The molecule has 80 valence electrons. The summed E-state index contributed by atoms with van der Waals surface area (Å²) in [7, 11) is 0. The first-order valence-corrected chi connectivity index (χ1v) is 5.23. The summed E-state index contributed by atoms with van der Waals surface area (Å²) in [4.78, 5) is 0. The van der Waals surface area contributed by atoms with Crippen LogP contribution in [0.4, 0.5) is 0 Å². The molecule has 1 aromatic heterocycles. The largest absolute Gasteiger partial charge is 0.327 e. The van der Waals surface area contributed by atoms with Crippen LogP contribution >= 0.6 is 0 Å². The Hall–Kier alpha value is -0.900. The van der Waals surface area contributed by atoms with E-state index in [-0.39, 0.29) is 12.0 Å². The molecule has 2 atom stereocenters. The minimum absolute atomic E-state index is 0.120. The molecule has 4 heteroatoms. The Labute approximate surface area is 85.5 Å². The second-order valence-electron chi connectivity index (χ2n) is 3.90. The zero-order valence-electron chi connectivity index (χ0n) is 9.49. The van der Waals surface area contributed by atoms with Gasteiger partial charge in [-0.2, -0.15) is 0 Å². The predicted molar refractivity (Wildman–Crippen MR) is 57.1 cm³/mol. The molecule has 0 radical (unpaired) electrons. The molecule has 0 amide bonds. The molecule has 0 aliphatic rings. The van der Waals surface area contributed by atoms with E-state index in [1.165, 1.54) is 0 Å². The predicted octanol–water partition coefficient (Wildman–Crippen LogP) is 1.45. The minimum Gasteiger partial charge on any atom is -0.327 e. The first-order valence-electron chi connectivity index (χ1n) is 5.23. The lowest BCUT2D eigenvalue weighted by Gasteiger charge is -2.16. The summed E-state index contributed by atoms with van der Waals surface area (Å²) in [5.41, 5.74) is 5.86. The molecule has 1 heterocycles. The lowest BCUT2D eigenvalue weighted by Crippen LogP contribution is -2.25. The number of hydrogen-bond acceptors (Lipinski definition) is 3. The van der Waals surface area contributed by atoms with Crippen LogP contribution in [0.2, 0.25) is 0 Å². The molecule has 0 bridgehead atoms. The summed E-state index contributed by atoms with van der Waals surface area (Å²) in [6.07, 6.45) is 1.09. The standard InChI is InChI=1S/C10H20N4/c1-5-6-14-9(4)12-13-10(14)7(2)8(3)11/h7-8H,5-6,11H2,1-4H3. The average molecular weight is 196 g/mol. The topological polar surface area (TPSA) is 56.7 Å². The maximum absolute atomic E-state index is 5.86. The van der Waals surface area contributed by atoms with Crippen LogP contribution in [0.3, 0.4) is 0 Å². The van der Waals surface area contributed by atoms with Gasteiger partial charge >= 0.3 is 0 Å². The molecular formula is C10H20N4. The Morgan fingerprint density at radius 3 is 2.50 bits per heavy atom. The highest BCUT2D eigenvalue weighted by Gasteiger charge is 2.18. The second kappa shape index (κ2) is 4.55. The lowest BCUT2D eigenvalue weighted by molar-refractivity contribution is 0.527. The van der Waals surface area contributed by atoms with E-state index >= 15 is 0 Å². The summed E-state index contributed by atoms with van der Waals surface area (Å²) >= 11 is 0. The van der Waals surface area contributed by atoms with Gasteiger partial charge in [-0.1, -0.05) is 13.8 Å². The number of hydrogen-bond donors (Lipinski definition) is 1. The number of aryl methyl sites for hydroxylation is 1. The van der Waals surface area contributed by atoms with Crippen molar-refractivity contribution in [3.8, 4) is 0 Å². The van der Waals surface area contributed by atoms with E-state index in [4.69, 9.17) is 5.73 Å². The average Bonchev–Trinajstić information content (AvgIpc) is 2.48. The van der Waals surface area contributed by atoms with E-state index in [0.29, 0.717) is 0 Å². The molecule has 2 N–H and O–H groups in total. The van der Waals surface area contributed by atoms with Crippen molar-refractivity contribution in [2.24, 2.45) is 5.73 Å². The van der Waals surface area contributed by atoms with Crippen molar-refractivity contribution in [1.29, 1.82) is 0 Å². The van der Waals surface area contributed by atoms with Gasteiger partial charge in [-0.15, -0.1) is 10.2 Å². The van der Waals surface area contributed by atoms with Crippen molar-refractivity contribution >= 4 is 0 Å². The van der Waals surface area contributed by atoms with Crippen LogP contribution in [0, 0.1) is 6.92 Å². The first-order chi connectivity index (χ1) is 6.57. The Balaban J connectivity index is 2.96. The summed E-state index contributed by atoms with van der Waals surface area (Å²) in [5, 5.41) is 8.28. The number of nitrogens with two attached hydrogens (primary N) is 1. The zero-order chi connectivity index (χ0) is 10.7. The fourth-order valence-corrected chi connectivity index (χ4v) is 1.47. The maximum Gasteiger partial charge on any atom is 0.137 e. The van der Waals surface area contributed by atoms with E-state index in [9.17, 15) is 0 Å². The Kier molecular flexibility index (Phi) is 3.63. The highest BCUT2D eigenvalue weighted by molar-refractivity contribution is 5.02. The van der Waals surface area contributed by atoms with E-state index in [0.717, 1.165) is 24.6 Å². The number of nitrogens with zero attached hydrogens (tertiary/aromatic N) is 3. The highest BCUT2D eigenvalue weighted by atomic mass is 15.3. The Morgan fingerprint density at radius 1 is 1.36 bits per heavy atom. The zero-order valence-corrected chi connectivity index (χ0v) is 9.49. The van der Waals surface area contributed by atoms with Crippen molar-refractivity contribution in [3.05, 3.63) is 11.6 Å². The van der Waals surface area contributed by atoms with Crippen LogP contribution in [0.5, 0.6) is 0 Å². The SMILES string of the molecule is CCCn1c(C)nnc1C(C)C(C)N. The molecular weight excluding hydrogens is 176 g/mol. The monoisotopic (exact) mass is 196 g/mol. The van der Waals surface area contributed by atoms with E-state index in [1.807, 2.05) is 13.8 Å². The summed E-state index contributed by atoms with van der Waals surface area (Å²) in [6.45, 7) is 9.22. The minimum atomic E-state index is 0.120. The van der Waals surface area contributed by atoms with Gasteiger partial charge in [0.05, 0.1) is 0 Å². The molecule has 0 aliphatic heterocycles. The number of rotatable bonds is 4. The number of aromatic nitrogens is 3. The van der Waals surface area contributed by atoms with Crippen LogP contribution in [0.15, 0.2) is 0 Å². The van der Waals surface area contributed by atoms with Crippen molar-refractivity contribution in [1.82, 2.24) is 14.8 Å². The normalized spacial score (nSPS) is 15.5. The Bertz CT molecular complexity index is 290.